The zero-order valence-corrected chi connectivity index (χ0v) is 12.6. The summed E-state index contributed by atoms with van der Waals surface area (Å²) >= 11 is 0. The number of esters is 1. The lowest BCUT2D eigenvalue weighted by molar-refractivity contribution is -0.153. The van der Waals surface area contributed by atoms with E-state index >= 15 is 0 Å². The van der Waals surface area contributed by atoms with Crippen LogP contribution in [0.15, 0.2) is 48.5 Å². The molecule has 2 aromatic rings. The van der Waals surface area contributed by atoms with Crippen LogP contribution in [0.3, 0.4) is 0 Å². The van der Waals surface area contributed by atoms with Crippen molar-refractivity contribution in [2.45, 2.75) is 25.4 Å². The van der Waals surface area contributed by atoms with Crippen LogP contribution in [0.1, 0.15) is 24.0 Å². The van der Waals surface area contributed by atoms with E-state index in [0.717, 1.165) is 11.1 Å². The highest BCUT2D eigenvalue weighted by atomic mass is 19.1. The second-order valence-corrected chi connectivity index (χ2v) is 5.54. The third-order valence-electron chi connectivity index (χ3n) is 3.91. The van der Waals surface area contributed by atoms with Gasteiger partial charge >= 0.3 is 5.97 Å². The molecule has 1 amide bonds. The molecule has 1 N–H and O–H groups in total. The Morgan fingerprint density at radius 1 is 1.22 bits per heavy atom. The number of carbonyl (C=O) groups excluding carboxylic acids is 2. The maximum absolute atomic E-state index is 13.4. The van der Waals surface area contributed by atoms with Crippen molar-refractivity contribution in [2.75, 3.05) is 5.32 Å². The first-order valence-electron chi connectivity index (χ1n) is 7.36. The first-order chi connectivity index (χ1) is 11.0. The summed E-state index contributed by atoms with van der Waals surface area (Å²) in [6.45, 7) is 1.27. The molecule has 1 heterocycles. The fourth-order valence-corrected chi connectivity index (χ4v) is 2.88. The van der Waals surface area contributed by atoms with Crippen LogP contribution in [0.4, 0.5) is 10.1 Å². The number of carbonyl (C=O) groups is 2. The number of ether oxygens (including phenoxy) is 1. The number of rotatable bonds is 2. The Morgan fingerprint density at radius 2 is 1.96 bits per heavy atom. The Bertz CT molecular complexity index is 745. The maximum atomic E-state index is 13.4. The lowest BCUT2D eigenvalue weighted by Crippen LogP contribution is -2.36. The van der Waals surface area contributed by atoms with Gasteiger partial charge in [-0.1, -0.05) is 36.4 Å². The number of amides is 1. The fraction of sp³-hybridized carbons (Fsp3) is 0.222. The van der Waals surface area contributed by atoms with Gasteiger partial charge in [-0.3, -0.25) is 9.59 Å². The van der Waals surface area contributed by atoms with Crippen molar-refractivity contribution in [2.24, 2.45) is 0 Å². The molecule has 3 rings (SSSR count). The molecule has 0 unspecified atom stereocenters. The van der Waals surface area contributed by atoms with Crippen molar-refractivity contribution in [3.05, 3.63) is 65.5 Å². The molecule has 0 aromatic heterocycles. The van der Waals surface area contributed by atoms with Gasteiger partial charge in [0.1, 0.15) is 5.82 Å². The molecule has 23 heavy (non-hydrogen) atoms. The monoisotopic (exact) mass is 313 g/mol. The van der Waals surface area contributed by atoms with Crippen LogP contribution >= 0.6 is 0 Å². The lowest BCUT2D eigenvalue weighted by atomic mass is 9.87. The highest BCUT2D eigenvalue weighted by molar-refractivity contribution is 5.97. The molecule has 2 atom stereocenters. The fourth-order valence-electron chi connectivity index (χ4n) is 2.88. The quantitative estimate of drug-likeness (QED) is 0.867. The van der Waals surface area contributed by atoms with Gasteiger partial charge in [0.15, 0.2) is 6.10 Å². The number of fused-ring (bicyclic) bond motifs is 1. The normalized spacial score (nSPS) is 20.2. The van der Waals surface area contributed by atoms with Crippen molar-refractivity contribution in [3.63, 3.8) is 0 Å². The predicted octanol–water partition coefficient (Wildman–Crippen LogP) is 3.04. The SMILES string of the molecule is CC(=O)O[C@H]1C(=O)Nc2cc(F)ccc2C[C@@H]1c1ccccc1. The zero-order valence-electron chi connectivity index (χ0n) is 12.6. The lowest BCUT2D eigenvalue weighted by Gasteiger charge is -2.23. The van der Waals surface area contributed by atoms with E-state index in [4.69, 9.17) is 4.74 Å². The Hall–Kier alpha value is -2.69. The van der Waals surface area contributed by atoms with E-state index in [1.807, 2.05) is 30.3 Å². The molecule has 0 bridgehead atoms. The molecule has 2 aromatic carbocycles. The summed E-state index contributed by atoms with van der Waals surface area (Å²) in [6, 6.07) is 13.7. The summed E-state index contributed by atoms with van der Waals surface area (Å²) in [5.74, 6) is -1.72. The van der Waals surface area contributed by atoms with Gasteiger partial charge in [-0.2, -0.15) is 0 Å². The van der Waals surface area contributed by atoms with Crippen LogP contribution in [-0.2, 0) is 20.7 Å². The number of anilines is 1. The summed E-state index contributed by atoms with van der Waals surface area (Å²) in [4.78, 5) is 23.9. The van der Waals surface area contributed by atoms with Gasteiger partial charge in [0.05, 0.1) is 0 Å². The maximum Gasteiger partial charge on any atom is 0.303 e. The average Bonchev–Trinajstić information content (AvgIpc) is 2.65. The minimum atomic E-state index is -0.953. The van der Waals surface area contributed by atoms with Gasteiger partial charge in [-0.05, 0) is 29.7 Å². The second-order valence-electron chi connectivity index (χ2n) is 5.54. The average molecular weight is 313 g/mol. The Labute approximate surface area is 133 Å². The van der Waals surface area contributed by atoms with E-state index in [1.54, 1.807) is 6.07 Å². The molecule has 0 aliphatic carbocycles. The van der Waals surface area contributed by atoms with Gasteiger partial charge in [0.25, 0.3) is 5.91 Å². The molecule has 0 saturated heterocycles. The highest BCUT2D eigenvalue weighted by Crippen LogP contribution is 2.33. The summed E-state index contributed by atoms with van der Waals surface area (Å²) in [5, 5.41) is 2.66. The predicted molar refractivity (Wildman–Crippen MR) is 83.5 cm³/mol. The van der Waals surface area contributed by atoms with Gasteiger partial charge in [-0.25, -0.2) is 4.39 Å². The van der Waals surface area contributed by atoms with Crippen LogP contribution in [0.2, 0.25) is 0 Å². The Balaban J connectivity index is 2.05. The van der Waals surface area contributed by atoms with E-state index < -0.39 is 23.8 Å². The molecule has 0 spiro atoms. The summed E-state index contributed by atoms with van der Waals surface area (Å²) in [7, 11) is 0. The minimum absolute atomic E-state index is 0.327. The number of nitrogens with one attached hydrogen (secondary N) is 1. The van der Waals surface area contributed by atoms with Gasteiger partial charge in [0.2, 0.25) is 0 Å². The molecule has 0 radical (unpaired) electrons. The van der Waals surface area contributed by atoms with Crippen molar-refractivity contribution < 1.29 is 18.7 Å². The Morgan fingerprint density at radius 3 is 2.65 bits per heavy atom. The number of benzene rings is 2. The van der Waals surface area contributed by atoms with Crippen molar-refractivity contribution in [3.8, 4) is 0 Å². The molecule has 5 heteroatoms. The highest BCUT2D eigenvalue weighted by Gasteiger charge is 2.36. The third-order valence-corrected chi connectivity index (χ3v) is 3.91. The molecule has 118 valence electrons. The van der Waals surface area contributed by atoms with Crippen LogP contribution < -0.4 is 5.32 Å². The van der Waals surface area contributed by atoms with E-state index in [9.17, 15) is 14.0 Å². The topological polar surface area (TPSA) is 55.4 Å². The van der Waals surface area contributed by atoms with E-state index in [1.165, 1.54) is 19.1 Å². The molecule has 4 nitrogen and oxygen atoms in total. The van der Waals surface area contributed by atoms with Crippen LogP contribution in [0, 0.1) is 5.82 Å². The summed E-state index contributed by atoms with van der Waals surface area (Å²) in [6.07, 6.45) is -0.485. The first-order valence-corrected chi connectivity index (χ1v) is 7.36. The standard InChI is InChI=1S/C18H16FNO3/c1-11(21)23-17-15(12-5-3-2-4-6-12)9-13-7-8-14(19)10-16(13)20-18(17)22/h2-8,10,15,17H,9H2,1H3,(H,20,22)/t15-,17-/m1/s1. The van der Waals surface area contributed by atoms with Crippen molar-refractivity contribution in [1.82, 2.24) is 0 Å². The van der Waals surface area contributed by atoms with E-state index in [2.05, 4.69) is 5.32 Å². The molecule has 1 aliphatic rings. The zero-order chi connectivity index (χ0) is 16.4. The van der Waals surface area contributed by atoms with E-state index in [0.29, 0.717) is 12.1 Å². The first kappa shape index (κ1) is 15.2. The van der Waals surface area contributed by atoms with Gasteiger partial charge in [-0.15, -0.1) is 0 Å². The number of hydrogen-bond donors (Lipinski definition) is 1. The third kappa shape index (κ3) is 3.23. The number of hydrogen-bond acceptors (Lipinski definition) is 3. The van der Waals surface area contributed by atoms with Gasteiger partial charge in [0, 0.05) is 18.5 Å². The molecular weight excluding hydrogens is 297 g/mol. The van der Waals surface area contributed by atoms with Crippen LogP contribution in [0.5, 0.6) is 0 Å². The Kier molecular flexibility index (Phi) is 4.10. The summed E-state index contributed by atoms with van der Waals surface area (Å²) < 4.78 is 18.7. The van der Waals surface area contributed by atoms with Crippen molar-refractivity contribution >= 4 is 17.6 Å². The largest absolute Gasteiger partial charge is 0.452 e. The van der Waals surface area contributed by atoms with Crippen LogP contribution in [0.25, 0.3) is 0 Å². The molecule has 0 fully saturated rings. The minimum Gasteiger partial charge on any atom is -0.452 e. The molecule has 1 aliphatic heterocycles. The summed E-state index contributed by atoms with van der Waals surface area (Å²) in [5.41, 5.74) is 2.12. The molecule has 0 saturated carbocycles. The smallest absolute Gasteiger partial charge is 0.303 e. The van der Waals surface area contributed by atoms with Gasteiger partial charge < -0.3 is 10.1 Å². The second kappa shape index (κ2) is 6.20. The van der Waals surface area contributed by atoms with E-state index in [-0.39, 0.29) is 5.92 Å². The van der Waals surface area contributed by atoms with Crippen LogP contribution in [-0.4, -0.2) is 18.0 Å². The van der Waals surface area contributed by atoms with Crippen molar-refractivity contribution in [1.29, 1.82) is 0 Å². The molecular formula is C18H16FNO3. The number of halogens is 1.